The second kappa shape index (κ2) is 9.93. The molecule has 15 heavy (non-hydrogen) atoms. The van der Waals surface area contributed by atoms with Gasteiger partial charge in [0.05, 0.1) is 0 Å². The molecule has 0 aromatic heterocycles. The van der Waals surface area contributed by atoms with E-state index in [-0.39, 0.29) is 5.91 Å². The van der Waals surface area contributed by atoms with Crippen molar-refractivity contribution in [2.45, 2.75) is 45.4 Å². The van der Waals surface area contributed by atoms with Crippen LogP contribution in [-0.2, 0) is 4.79 Å². The van der Waals surface area contributed by atoms with Gasteiger partial charge in [0.15, 0.2) is 0 Å². The number of nitrogens with one attached hydrogen (secondary N) is 1. The van der Waals surface area contributed by atoms with Crippen molar-refractivity contribution in [3.8, 4) is 0 Å². The molecule has 0 saturated carbocycles. The lowest BCUT2D eigenvalue weighted by molar-refractivity contribution is -0.121. The Labute approximate surface area is 92.6 Å². The summed E-state index contributed by atoms with van der Waals surface area (Å²) in [4.78, 5) is 11.3. The zero-order valence-electron chi connectivity index (χ0n) is 9.96. The maximum Gasteiger partial charge on any atom is 0.219 e. The number of nitrogens with zero attached hydrogens (tertiary/aromatic N) is 1. The highest BCUT2D eigenvalue weighted by Gasteiger charge is 2.00. The van der Waals surface area contributed by atoms with E-state index in [4.69, 9.17) is 5.21 Å². The fourth-order valence-corrected chi connectivity index (χ4v) is 1.34. The van der Waals surface area contributed by atoms with Gasteiger partial charge >= 0.3 is 0 Å². The van der Waals surface area contributed by atoms with Gasteiger partial charge in [-0.3, -0.25) is 4.79 Å². The van der Waals surface area contributed by atoms with Crippen molar-refractivity contribution in [1.82, 2.24) is 10.4 Å². The molecule has 0 aromatic rings. The van der Waals surface area contributed by atoms with Crippen molar-refractivity contribution >= 4 is 5.91 Å². The zero-order chi connectivity index (χ0) is 11.5. The predicted molar refractivity (Wildman–Crippen MR) is 60.8 cm³/mol. The van der Waals surface area contributed by atoms with Gasteiger partial charge in [0, 0.05) is 26.6 Å². The SMILES string of the molecule is CCCCCCC(=O)NCCCN(C)O. The Kier molecular flexibility index (Phi) is 9.52. The summed E-state index contributed by atoms with van der Waals surface area (Å²) < 4.78 is 0. The molecule has 0 fully saturated rings. The van der Waals surface area contributed by atoms with Crippen molar-refractivity contribution < 1.29 is 10.0 Å². The molecule has 0 heterocycles. The Morgan fingerprint density at radius 2 is 2.00 bits per heavy atom. The molecule has 90 valence electrons. The second-order valence-corrected chi connectivity index (χ2v) is 3.90. The molecule has 0 saturated heterocycles. The van der Waals surface area contributed by atoms with Gasteiger partial charge in [-0.05, 0) is 12.8 Å². The maximum atomic E-state index is 11.3. The number of hydrogen-bond donors (Lipinski definition) is 2. The number of hydroxylamine groups is 2. The topological polar surface area (TPSA) is 52.6 Å². The summed E-state index contributed by atoms with van der Waals surface area (Å²) in [5.74, 6) is 0.131. The van der Waals surface area contributed by atoms with Gasteiger partial charge in [-0.1, -0.05) is 26.2 Å². The Bertz CT molecular complexity index is 161. The smallest absolute Gasteiger partial charge is 0.219 e. The van der Waals surface area contributed by atoms with E-state index in [9.17, 15) is 4.79 Å². The summed E-state index contributed by atoms with van der Waals surface area (Å²) in [7, 11) is 1.60. The number of rotatable bonds is 9. The molecule has 0 aliphatic carbocycles. The Hall–Kier alpha value is -0.610. The third-order valence-electron chi connectivity index (χ3n) is 2.24. The highest BCUT2D eigenvalue weighted by molar-refractivity contribution is 5.75. The van der Waals surface area contributed by atoms with Gasteiger partial charge in [0.2, 0.25) is 5.91 Å². The molecule has 0 unspecified atom stereocenters. The summed E-state index contributed by atoms with van der Waals surface area (Å²) in [6, 6.07) is 0. The summed E-state index contributed by atoms with van der Waals surface area (Å²) in [5, 5.41) is 12.8. The molecule has 4 heteroatoms. The molecule has 4 nitrogen and oxygen atoms in total. The first-order chi connectivity index (χ1) is 7.16. The van der Waals surface area contributed by atoms with Crippen LogP contribution in [0.5, 0.6) is 0 Å². The number of amides is 1. The van der Waals surface area contributed by atoms with E-state index in [1.165, 1.54) is 12.8 Å². The van der Waals surface area contributed by atoms with Crippen LogP contribution in [-0.4, -0.2) is 36.3 Å². The number of unbranched alkanes of at least 4 members (excludes halogenated alkanes) is 3. The van der Waals surface area contributed by atoms with E-state index in [0.29, 0.717) is 19.5 Å². The lowest BCUT2D eigenvalue weighted by Crippen LogP contribution is -2.26. The van der Waals surface area contributed by atoms with E-state index in [2.05, 4.69) is 12.2 Å². The highest BCUT2D eigenvalue weighted by Crippen LogP contribution is 2.01. The molecule has 0 aliphatic heterocycles. The van der Waals surface area contributed by atoms with Crippen LogP contribution in [0.15, 0.2) is 0 Å². The number of hydrogen-bond acceptors (Lipinski definition) is 3. The highest BCUT2D eigenvalue weighted by atomic mass is 16.5. The van der Waals surface area contributed by atoms with Gasteiger partial charge in [-0.15, -0.1) is 0 Å². The first-order valence-corrected chi connectivity index (χ1v) is 5.83. The molecule has 0 bridgehead atoms. The summed E-state index contributed by atoms with van der Waals surface area (Å²) >= 11 is 0. The lowest BCUT2D eigenvalue weighted by Gasteiger charge is -2.08. The van der Waals surface area contributed by atoms with Gasteiger partial charge in [0.25, 0.3) is 0 Å². The number of carbonyl (C=O) groups excluding carboxylic acids is 1. The van der Waals surface area contributed by atoms with Crippen LogP contribution in [0, 0.1) is 0 Å². The summed E-state index contributed by atoms with van der Waals surface area (Å²) in [6.07, 6.45) is 5.96. The normalized spacial score (nSPS) is 10.7. The first kappa shape index (κ1) is 14.4. The maximum absolute atomic E-state index is 11.3. The molecule has 0 spiro atoms. The zero-order valence-corrected chi connectivity index (χ0v) is 9.96. The van der Waals surface area contributed by atoms with Crippen molar-refractivity contribution in [2.24, 2.45) is 0 Å². The van der Waals surface area contributed by atoms with E-state index in [1.54, 1.807) is 7.05 Å². The van der Waals surface area contributed by atoms with Crippen LogP contribution in [0.25, 0.3) is 0 Å². The van der Waals surface area contributed by atoms with Crippen molar-refractivity contribution in [2.75, 3.05) is 20.1 Å². The van der Waals surface area contributed by atoms with Gasteiger partial charge in [0.1, 0.15) is 0 Å². The quantitative estimate of drug-likeness (QED) is 0.456. The molecule has 0 aliphatic rings. The Morgan fingerprint density at radius 1 is 1.27 bits per heavy atom. The van der Waals surface area contributed by atoms with Crippen LogP contribution < -0.4 is 5.32 Å². The third kappa shape index (κ3) is 11.3. The average molecular weight is 216 g/mol. The van der Waals surface area contributed by atoms with E-state index >= 15 is 0 Å². The fourth-order valence-electron chi connectivity index (χ4n) is 1.34. The predicted octanol–water partition coefficient (Wildman–Crippen LogP) is 1.78. The molecule has 0 atom stereocenters. The van der Waals surface area contributed by atoms with Crippen molar-refractivity contribution in [3.05, 3.63) is 0 Å². The van der Waals surface area contributed by atoms with Crippen LogP contribution >= 0.6 is 0 Å². The fraction of sp³-hybridized carbons (Fsp3) is 0.909. The Morgan fingerprint density at radius 3 is 2.60 bits per heavy atom. The monoisotopic (exact) mass is 216 g/mol. The summed E-state index contributed by atoms with van der Waals surface area (Å²) in [5.41, 5.74) is 0. The molecule has 0 radical (unpaired) electrons. The van der Waals surface area contributed by atoms with Gasteiger partial charge in [-0.2, -0.15) is 5.06 Å². The summed E-state index contributed by atoms with van der Waals surface area (Å²) in [6.45, 7) is 3.40. The number of carbonyl (C=O) groups is 1. The van der Waals surface area contributed by atoms with E-state index < -0.39 is 0 Å². The molecule has 1 amide bonds. The van der Waals surface area contributed by atoms with Crippen LogP contribution in [0.2, 0.25) is 0 Å². The van der Waals surface area contributed by atoms with Gasteiger partial charge in [-0.25, -0.2) is 0 Å². The van der Waals surface area contributed by atoms with Crippen LogP contribution in [0.3, 0.4) is 0 Å². The minimum Gasteiger partial charge on any atom is -0.356 e. The van der Waals surface area contributed by atoms with E-state index in [0.717, 1.165) is 24.3 Å². The first-order valence-electron chi connectivity index (χ1n) is 5.83. The van der Waals surface area contributed by atoms with Crippen molar-refractivity contribution in [1.29, 1.82) is 0 Å². The van der Waals surface area contributed by atoms with Gasteiger partial charge < -0.3 is 10.5 Å². The minimum atomic E-state index is 0.131. The molecule has 2 N–H and O–H groups in total. The third-order valence-corrected chi connectivity index (χ3v) is 2.24. The minimum absolute atomic E-state index is 0.131. The van der Waals surface area contributed by atoms with Crippen LogP contribution in [0.1, 0.15) is 45.4 Å². The standard InChI is InChI=1S/C11H24N2O2/c1-3-4-5-6-8-11(14)12-9-7-10-13(2)15/h15H,3-10H2,1-2H3,(H,12,14). The average Bonchev–Trinajstić information content (AvgIpc) is 2.19. The molecule has 0 rings (SSSR count). The van der Waals surface area contributed by atoms with Crippen LogP contribution in [0.4, 0.5) is 0 Å². The molecule has 0 aromatic carbocycles. The lowest BCUT2D eigenvalue weighted by atomic mass is 10.1. The molecular weight excluding hydrogens is 192 g/mol. The largest absolute Gasteiger partial charge is 0.356 e. The second-order valence-electron chi connectivity index (χ2n) is 3.90. The molecular formula is C11H24N2O2. The Balaban J connectivity index is 3.19. The van der Waals surface area contributed by atoms with Crippen molar-refractivity contribution in [3.63, 3.8) is 0 Å². The van der Waals surface area contributed by atoms with E-state index in [1.807, 2.05) is 0 Å².